The molecule has 0 saturated heterocycles. The molecule has 1 unspecified atom stereocenters. The average Bonchev–Trinajstić information content (AvgIpc) is 3.32. The first-order valence-corrected chi connectivity index (χ1v) is 11.8. The Labute approximate surface area is 211 Å². The fraction of sp³-hybridized carbons (Fsp3) is 0.125. The topological polar surface area (TPSA) is 58.9 Å². The van der Waals surface area contributed by atoms with Crippen molar-refractivity contribution < 1.29 is 14.6 Å². The number of aryl methyl sites for hydroxylation is 1. The Bertz CT molecular complexity index is 1520. The van der Waals surface area contributed by atoms with Gasteiger partial charge in [-0.3, -0.25) is 9.79 Å². The first-order chi connectivity index (χ1) is 17.3. The number of carbonyl (C=O) groups excluding carboxylic acids is 1. The monoisotopic (exact) mass is 473 g/mol. The molecule has 36 heavy (non-hydrogen) atoms. The highest BCUT2D eigenvalue weighted by atomic mass is 16.5. The van der Waals surface area contributed by atoms with Crippen LogP contribution in [-0.2, 0) is 17.0 Å². The summed E-state index contributed by atoms with van der Waals surface area (Å²) < 4.78 is 6.14. The highest BCUT2D eigenvalue weighted by Crippen LogP contribution is 2.43. The molecular formula is C32H27NO3. The van der Waals surface area contributed by atoms with Gasteiger partial charge in [0.2, 0.25) is 0 Å². The van der Waals surface area contributed by atoms with Gasteiger partial charge in [0.05, 0.1) is 0 Å². The number of ketones is 1. The van der Waals surface area contributed by atoms with Crippen molar-refractivity contribution in [2.45, 2.75) is 26.1 Å². The van der Waals surface area contributed by atoms with Crippen molar-refractivity contribution in [2.24, 2.45) is 4.99 Å². The molecule has 0 aliphatic carbocycles. The lowest BCUT2D eigenvalue weighted by atomic mass is 9.76. The Kier molecular flexibility index (Phi) is 5.91. The zero-order valence-electron chi connectivity index (χ0n) is 20.4. The number of allylic oxidation sites excluding steroid dienone is 2. The lowest BCUT2D eigenvalue weighted by molar-refractivity contribution is -0.111. The molecular weight excluding hydrogens is 446 g/mol. The van der Waals surface area contributed by atoms with E-state index in [1.54, 1.807) is 25.4 Å². The molecule has 2 heterocycles. The standard InChI is InChI=1S/C32H27NO3/c1-20(2)31(34)16-29-24-8-6-10-27(14-24)36-19-23-7-5-9-25(13-23)32(35,30-18-33-17-22(30)4)26-12-11-21(3)28(29)15-26/h5-18,35H,1,4,19H2,2-3H3/b29-16-. The number of rotatable bonds is 3. The minimum absolute atomic E-state index is 0.160. The number of aliphatic imine (C=N–C) groups is 1. The quantitative estimate of drug-likeness (QED) is 0.459. The number of carbonyl (C=O) groups is 1. The first-order valence-electron chi connectivity index (χ1n) is 11.8. The van der Waals surface area contributed by atoms with Crippen molar-refractivity contribution in [3.8, 4) is 5.75 Å². The van der Waals surface area contributed by atoms with Crippen LogP contribution in [0.5, 0.6) is 5.75 Å². The maximum atomic E-state index is 12.9. The Hall–Kier alpha value is -4.28. The van der Waals surface area contributed by atoms with E-state index in [2.05, 4.69) is 18.2 Å². The summed E-state index contributed by atoms with van der Waals surface area (Å²) in [7, 11) is 0. The SMILES string of the molecule is C=C(C)C(=O)/C=C1/c2cccc(c2)OCc2cccc(c2)C(O)(C2=CN=CC2=C)c2ccc(C)c1c2. The summed E-state index contributed by atoms with van der Waals surface area (Å²) >= 11 is 0. The molecule has 1 atom stereocenters. The van der Waals surface area contributed by atoms with Crippen LogP contribution >= 0.6 is 0 Å². The smallest absolute Gasteiger partial charge is 0.181 e. The summed E-state index contributed by atoms with van der Waals surface area (Å²) in [4.78, 5) is 17.1. The van der Waals surface area contributed by atoms with Gasteiger partial charge in [0, 0.05) is 18.0 Å². The third-order valence-electron chi connectivity index (χ3n) is 6.71. The second kappa shape index (κ2) is 9.06. The van der Waals surface area contributed by atoms with Crippen molar-refractivity contribution >= 4 is 17.6 Å². The van der Waals surface area contributed by atoms with Gasteiger partial charge in [-0.05, 0) is 94.3 Å². The average molecular weight is 474 g/mol. The first kappa shape index (κ1) is 23.5. The Morgan fingerprint density at radius 2 is 1.86 bits per heavy atom. The molecule has 0 aromatic heterocycles. The molecule has 4 nitrogen and oxygen atoms in total. The van der Waals surface area contributed by atoms with E-state index in [1.807, 2.05) is 73.7 Å². The molecule has 0 saturated carbocycles. The van der Waals surface area contributed by atoms with Gasteiger partial charge in [0.25, 0.3) is 0 Å². The highest BCUT2D eigenvalue weighted by Gasteiger charge is 2.39. The normalized spacial score (nSPS) is 19.6. The zero-order chi connectivity index (χ0) is 25.4. The van der Waals surface area contributed by atoms with E-state index in [9.17, 15) is 9.90 Å². The maximum Gasteiger partial charge on any atom is 0.181 e. The molecule has 3 aromatic carbocycles. The molecule has 1 N–H and O–H groups in total. The summed E-state index contributed by atoms with van der Waals surface area (Å²) in [5, 5.41) is 12.5. The largest absolute Gasteiger partial charge is 0.489 e. The molecule has 178 valence electrons. The van der Waals surface area contributed by atoms with E-state index in [4.69, 9.17) is 4.74 Å². The molecule has 0 spiro atoms. The van der Waals surface area contributed by atoms with Gasteiger partial charge in [-0.15, -0.1) is 0 Å². The van der Waals surface area contributed by atoms with Crippen LogP contribution in [0.4, 0.5) is 0 Å². The van der Waals surface area contributed by atoms with E-state index in [0.29, 0.717) is 40.2 Å². The van der Waals surface area contributed by atoms with Crippen LogP contribution in [-0.4, -0.2) is 17.1 Å². The number of benzene rings is 3. The fourth-order valence-electron chi connectivity index (χ4n) is 4.67. The van der Waals surface area contributed by atoms with E-state index >= 15 is 0 Å². The van der Waals surface area contributed by atoms with Crippen molar-refractivity contribution in [3.05, 3.63) is 142 Å². The van der Waals surface area contributed by atoms with Gasteiger partial charge in [-0.25, -0.2) is 0 Å². The van der Waals surface area contributed by atoms with Crippen LogP contribution in [0.1, 0.15) is 40.3 Å². The predicted molar refractivity (Wildman–Crippen MR) is 144 cm³/mol. The van der Waals surface area contributed by atoms with E-state index in [-0.39, 0.29) is 5.78 Å². The fourth-order valence-corrected chi connectivity index (χ4v) is 4.67. The summed E-state index contributed by atoms with van der Waals surface area (Å²) in [5.41, 5.74) is 5.81. The van der Waals surface area contributed by atoms with E-state index in [1.165, 1.54) is 0 Å². The van der Waals surface area contributed by atoms with Crippen LogP contribution in [0.3, 0.4) is 0 Å². The second-order valence-electron chi connectivity index (χ2n) is 9.31. The van der Waals surface area contributed by atoms with Crippen molar-refractivity contribution in [1.82, 2.24) is 0 Å². The second-order valence-corrected chi connectivity index (χ2v) is 9.31. The van der Waals surface area contributed by atoms with Crippen LogP contribution in [0.15, 0.2) is 114 Å². The van der Waals surface area contributed by atoms with E-state index in [0.717, 1.165) is 27.8 Å². The van der Waals surface area contributed by atoms with Crippen LogP contribution in [0.2, 0.25) is 0 Å². The van der Waals surface area contributed by atoms with Crippen molar-refractivity contribution in [3.63, 3.8) is 0 Å². The van der Waals surface area contributed by atoms with Gasteiger partial charge < -0.3 is 9.84 Å². The van der Waals surface area contributed by atoms with Crippen LogP contribution in [0, 0.1) is 6.92 Å². The van der Waals surface area contributed by atoms with Crippen molar-refractivity contribution in [1.29, 1.82) is 0 Å². The molecule has 5 rings (SSSR count). The summed E-state index contributed by atoms with van der Waals surface area (Å²) in [5.74, 6) is 0.530. The lowest BCUT2D eigenvalue weighted by Gasteiger charge is -2.32. The number of aliphatic hydroxyl groups is 1. The zero-order valence-corrected chi connectivity index (χ0v) is 20.4. The number of hydrogen-bond donors (Lipinski definition) is 1. The van der Waals surface area contributed by atoms with Gasteiger partial charge in [0.1, 0.15) is 18.0 Å². The molecule has 6 bridgehead atoms. The number of ether oxygens (including phenoxy) is 1. The van der Waals surface area contributed by atoms with Gasteiger partial charge in [0.15, 0.2) is 5.78 Å². The molecule has 2 aliphatic heterocycles. The highest BCUT2D eigenvalue weighted by molar-refractivity contribution is 6.09. The molecule has 3 aromatic rings. The predicted octanol–water partition coefficient (Wildman–Crippen LogP) is 6.22. The maximum absolute atomic E-state index is 12.9. The van der Waals surface area contributed by atoms with Crippen molar-refractivity contribution in [2.75, 3.05) is 0 Å². The van der Waals surface area contributed by atoms with Crippen LogP contribution < -0.4 is 4.74 Å². The Balaban J connectivity index is 1.84. The number of nitrogens with zero attached hydrogens (tertiary/aromatic N) is 1. The summed E-state index contributed by atoms with van der Waals surface area (Å²) in [6.07, 6.45) is 4.93. The minimum atomic E-state index is -1.51. The summed E-state index contributed by atoms with van der Waals surface area (Å²) in [6.45, 7) is 12.0. The third kappa shape index (κ3) is 4.06. The van der Waals surface area contributed by atoms with Gasteiger partial charge in [-0.2, -0.15) is 0 Å². The molecule has 0 amide bonds. The Morgan fingerprint density at radius 3 is 2.61 bits per heavy atom. The number of hydrogen-bond acceptors (Lipinski definition) is 4. The molecule has 4 heteroatoms. The van der Waals surface area contributed by atoms with Gasteiger partial charge >= 0.3 is 0 Å². The lowest BCUT2D eigenvalue weighted by Crippen LogP contribution is -2.31. The van der Waals surface area contributed by atoms with Crippen LogP contribution in [0.25, 0.3) is 5.57 Å². The molecule has 0 radical (unpaired) electrons. The molecule has 2 aliphatic rings. The number of fused-ring (bicyclic) bond motifs is 6. The summed E-state index contributed by atoms with van der Waals surface area (Å²) in [6, 6.07) is 21.3. The molecule has 0 fully saturated rings. The Morgan fingerprint density at radius 1 is 1.08 bits per heavy atom. The third-order valence-corrected chi connectivity index (χ3v) is 6.71. The van der Waals surface area contributed by atoms with E-state index < -0.39 is 5.60 Å². The van der Waals surface area contributed by atoms with Gasteiger partial charge in [-0.1, -0.05) is 55.6 Å². The minimum Gasteiger partial charge on any atom is -0.489 e.